The average Bonchev–Trinajstić information content (AvgIpc) is 2.56. The van der Waals surface area contributed by atoms with Crippen molar-refractivity contribution in [3.8, 4) is 0 Å². The number of anilines is 1. The second-order valence-corrected chi connectivity index (χ2v) is 7.88. The minimum Gasteiger partial charge on any atom is -0.444 e. The van der Waals surface area contributed by atoms with Gasteiger partial charge in [-0.05, 0) is 46.1 Å². The summed E-state index contributed by atoms with van der Waals surface area (Å²) in [7, 11) is 0. The molecule has 0 saturated heterocycles. The maximum atomic E-state index is 12.1. The third-order valence-electron chi connectivity index (χ3n) is 4.45. The Morgan fingerprint density at radius 2 is 1.88 bits per heavy atom. The second kappa shape index (κ2) is 7.43. The van der Waals surface area contributed by atoms with Crippen molar-refractivity contribution in [2.24, 2.45) is 0 Å². The van der Waals surface area contributed by atoms with E-state index in [1.165, 1.54) is 0 Å². The number of nitrogens with one attached hydrogen (secondary N) is 2. The highest BCUT2D eigenvalue weighted by Gasteiger charge is 2.29. The number of rotatable bonds is 3. The van der Waals surface area contributed by atoms with Crippen LogP contribution in [-0.4, -0.2) is 38.7 Å². The van der Waals surface area contributed by atoms with Crippen molar-refractivity contribution in [1.82, 2.24) is 20.3 Å². The fraction of sp³-hybridized carbons (Fsp3) is 0.579. The van der Waals surface area contributed by atoms with Crippen LogP contribution in [0.15, 0.2) is 18.6 Å². The highest BCUT2D eigenvalue weighted by molar-refractivity contribution is 5.80. The number of carbonyl (C=O) groups is 1. The van der Waals surface area contributed by atoms with Crippen LogP contribution in [-0.2, 0) is 4.74 Å². The SMILES string of the molecule is Cc1cncc2cnc(NC3CCCCC3NC(=O)OC(C)(C)C)nc12. The van der Waals surface area contributed by atoms with Crippen LogP contribution in [0.1, 0.15) is 52.0 Å². The van der Waals surface area contributed by atoms with E-state index in [1.54, 1.807) is 18.6 Å². The summed E-state index contributed by atoms with van der Waals surface area (Å²) in [5.41, 5.74) is 1.40. The molecular weight excluding hydrogens is 330 g/mol. The molecule has 1 aliphatic carbocycles. The normalized spacial score (nSPS) is 20.6. The van der Waals surface area contributed by atoms with Gasteiger partial charge in [-0.25, -0.2) is 14.8 Å². The van der Waals surface area contributed by atoms with Crippen LogP contribution in [0.25, 0.3) is 10.9 Å². The lowest BCUT2D eigenvalue weighted by Gasteiger charge is -2.33. The van der Waals surface area contributed by atoms with E-state index in [-0.39, 0.29) is 18.2 Å². The van der Waals surface area contributed by atoms with Crippen LogP contribution in [0, 0.1) is 6.92 Å². The number of hydrogen-bond acceptors (Lipinski definition) is 6. The fourth-order valence-corrected chi connectivity index (χ4v) is 3.26. The van der Waals surface area contributed by atoms with E-state index >= 15 is 0 Å². The summed E-state index contributed by atoms with van der Waals surface area (Å²) in [5, 5.41) is 7.33. The molecule has 0 spiro atoms. The molecule has 0 aromatic carbocycles. The summed E-state index contributed by atoms with van der Waals surface area (Å²) in [6.07, 6.45) is 9.03. The van der Waals surface area contributed by atoms with Crippen molar-refractivity contribution >= 4 is 22.9 Å². The minimum atomic E-state index is -0.505. The molecule has 2 atom stereocenters. The van der Waals surface area contributed by atoms with Gasteiger partial charge in [0.05, 0.1) is 11.6 Å². The molecular formula is C19H27N5O2. The molecule has 2 N–H and O–H groups in total. The minimum absolute atomic E-state index is 0.00330. The molecule has 3 rings (SSSR count). The topological polar surface area (TPSA) is 89.0 Å². The molecule has 7 heteroatoms. The quantitative estimate of drug-likeness (QED) is 0.873. The van der Waals surface area contributed by atoms with Gasteiger partial charge in [0, 0.05) is 30.0 Å². The summed E-state index contributed by atoms with van der Waals surface area (Å²) in [4.78, 5) is 25.4. The number of amides is 1. The van der Waals surface area contributed by atoms with Gasteiger partial charge < -0.3 is 15.4 Å². The summed E-state index contributed by atoms with van der Waals surface area (Å²) >= 11 is 0. The van der Waals surface area contributed by atoms with Crippen molar-refractivity contribution in [1.29, 1.82) is 0 Å². The van der Waals surface area contributed by atoms with Gasteiger partial charge in [0.2, 0.25) is 5.95 Å². The Bertz CT molecular complexity index is 787. The largest absolute Gasteiger partial charge is 0.444 e. The summed E-state index contributed by atoms with van der Waals surface area (Å²) in [5.74, 6) is 0.578. The number of nitrogens with zero attached hydrogens (tertiary/aromatic N) is 3. The molecule has 2 unspecified atom stereocenters. The maximum absolute atomic E-state index is 12.1. The van der Waals surface area contributed by atoms with Gasteiger partial charge >= 0.3 is 6.09 Å². The molecule has 0 aliphatic heterocycles. The molecule has 140 valence electrons. The molecule has 1 saturated carbocycles. The summed E-state index contributed by atoms with van der Waals surface area (Å²) in [6, 6.07) is 0.0762. The summed E-state index contributed by atoms with van der Waals surface area (Å²) < 4.78 is 5.40. The zero-order chi connectivity index (χ0) is 18.7. The smallest absolute Gasteiger partial charge is 0.407 e. The molecule has 1 aliphatic rings. The Kier molecular flexibility index (Phi) is 5.25. The molecule has 26 heavy (non-hydrogen) atoms. The second-order valence-electron chi connectivity index (χ2n) is 7.88. The first kappa shape index (κ1) is 18.4. The summed E-state index contributed by atoms with van der Waals surface area (Å²) in [6.45, 7) is 7.58. The predicted molar refractivity (Wildman–Crippen MR) is 101 cm³/mol. The van der Waals surface area contributed by atoms with E-state index in [9.17, 15) is 4.79 Å². The number of hydrogen-bond donors (Lipinski definition) is 2. The Hall–Kier alpha value is -2.44. The molecule has 1 amide bonds. The molecule has 7 nitrogen and oxygen atoms in total. The third-order valence-corrected chi connectivity index (χ3v) is 4.45. The Morgan fingerprint density at radius 3 is 2.62 bits per heavy atom. The van der Waals surface area contributed by atoms with Crippen LogP contribution in [0.2, 0.25) is 0 Å². The lowest BCUT2D eigenvalue weighted by atomic mass is 9.90. The number of pyridine rings is 1. The standard InChI is InChI=1S/C19H27N5O2/c1-12-9-20-10-13-11-21-17(24-16(12)13)22-14-7-5-6-8-15(14)23-18(25)26-19(2,3)4/h9-11,14-15H,5-8H2,1-4H3,(H,23,25)(H,21,22,24). The van der Waals surface area contributed by atoms with Crippen LogP contribution >= 0.6 is 0 Å². The maximum Gasteiger partial charge on any atom is 0.407 e. The first-order chi connectivity index (χ1) is 12.3. The Balaban J connectivity index is 1.72. The van der Waals surface area contributed by atoms with Gasteiger partial charge in [-0.2, -0.15) is 0 Å². The predicted octanol–water partition coefficient (Wildman–Crippen LogP) is 3.58. The van der Waals surface area contributed by atoms with Gasteiger partial charge in [0.25, 0.3) is 0 Å². The molecule has 0 bridgehead atoms. The zero-order valence-corrected chi connectivity index (χ0v) is 15.9. The fourth-order valence-electron chi connectivity index (χ4n) is 3.26. The van der Waals surface area contributed by atoms with Gasteiger partial charge in [-0.15, -0.1) is 0 Å². The van der Waals surface area contributed by atoms with Crippen molar-refractivity contribution in [2.45, 2.75) is 71.1 Å². The number of aromatic nitrogens is 3. The number of carbonyl (C=O) groups excluding carboxylic acids is 1. The monoisotopic (exact) mass is 357 g/mol. The highest BCUT2D eigenvalue weighted by atomic mass is 16.6. The lowest BCUT2D eigenvalue weighted by Crippen LogP contribution is -2.50. The van der Waals surface area contributed by atoms with E-state index in [0.717, 1.165) is 42.1 Å². The number of aryl methyl sites for hydroxylation is 1. The van der Waals surface area contributed by atoms with Crippen LogP contribution in [0.4, 0.5) is 10.7 Å². The number of alkyl carbamates (subject to hydrolysis) is 1. The van der Waals surface area contributed by atoms with Crippen molar-refractivity contribution in [3.05, 3.63) is 24.2 Å². The average molecular weight is 357 g/mol. The highest BCUT2D eigenvalue weighted by Crippen LogP contribution is 2.23. The Morgan fingerprint density at radius 1 is 1.15 bits per heavy atom. The third kappa shape index (κ3) is 4.59. The van der Waals surface area contributed by atoms with Crippen LogP contribution < -0.4 is 10.6 Å². The number of ether oxygens (including phenoxy) is 1. The first-order valence-corrected chi connectivity index (χ1v) is 9.15. The van der Waals surface area contributed by atoms with Crippen molar-refractivity contribution < 1.29 is 9.53 Å². The Labute approximate surface area is 154 Å². The molecule has 2 heterocycles. The van der Waals surface area contributed by atoms with E-state index in [1.807, 2.05) is 27.7 Å². The van der Waals surface area contributed by atoms with Crippen LogP contribution in [0.3, 0.4) is 0 Å². The molecule has 1 fully saturated rings. The van der Waals surface area contributed by atoms with Gasteiger partial charge in [0.1, 0.15) is 5.60 Å². The van der Waals surface area contributed by atoms with Crippen molar-refractivity contribution in [3.63, 3.8) is 0 Å². The van der Waals surface area contributed by atoms with E-state index in [0.29, 0.717) is 5.95 Å². The van der Waals surface area contributed by atoms with E-state index in [2.05, 4.69) is 25.6 Å². The van der Waals surface area contributed by atoms with Crippen molar-refractivity contribution in [2.75, 3.05) is 5.32 Å². The molecule has 2 aromatic rings. The van der Waals surface area contributed by atoms with E-state index < -0.39 is 5.60 Å². The zero-order valence-electron chi connectivity index (χ0n) is 15.9. The lowest BCUT2D eigenvalue weighted by molar-refractivity contribution is 0.0488. The van der Waals surface area contributed by atoms with Gasteiger partial charge in [0.15, 0.2) is 0 Å². The van der Waals surface area contributed by atoms with Crippen LogP contribution in [0.5, 0.6) is 0 Å². The van der Waals surface area contributed by atoms with Gasteiger partial charge in [-0.1, -0.05) is 12.8 Å². The molecule has 0 radical (unpaired) electrons. The van der Waals surface area contributed by atoms with E-state index in [4.69, 9.17) is 4.74 Å². The first-order valence-electron chi connectivity index (χ1n) is 9.15. The molecule has 2 aromatic heterocycles. The number of fused-ring (bicyclic) bond motifs is 1. The van der Waals surface area contributed by atoms with Gasteiger partial charge in [-0.3, -0.25) is 4.98 Å².